The summed E-state index contributed by atoms with van der Waals surface area (Å²) in [4.78, 5) is 5.82. The van der Waals surface area contributed by atoms with E-state index in [0.29, 0.717) is 0 Å². The molecule has 0 unspecified atom stereocenters. The molecule has 0 fully saturated rings. The SMILES string of the molecule is CS(=O)(=O)NN=Cc1cccnc1. The summed E-state index contributed by atoms with van der Waals surface area (Å²) in [5.74, 6) is 0. The van der Waals surface area contributed by atoms with E-state index in [-0.39, 0.29) is 0 Å². The van der Waals surface area contributed by atoms with Gasteiger partial charge in [-0.1, -0.05) is 6.07 Å². The molecule has 0 aliphatic carbocycles. The molecule has 70 valence electrons. The van der Waals surface area contributed by atoms with E-state index >= 15 is 0 Å². The molecule has 0 bridgehead atoms. The zero-order valence-corrected chi connectivity index (χ0v) is 7.82. The van der Waals surface area contributed by atoms with Crippen molar-refractivity contribution in [2.75, 3.05) is 6.26 Å². The largest absolute Gasteiger partial charge is 0.264 e. The van der Waals surface area contributed by atoms with Crippen LogP contribution >= 0.6 is 0 Å². The summed E-state index contributed by atoms with van der Waals surface area (Å²) in [5.41, 5.74) is 0.735. The van der Waals surface area contributed by atoms with Crippen molar-refractivity contribution in [2.24, 2.45) is 5.10 Å². The molecule has 0 atom stereocenters. The van der Waals surface area contributed by atoms with Crippen LogP contribution in [0.3, 0.4) is 0 Å². The van der Waals surface area contributed by atoms with Gasteiger partial charge in [-0.25, -0.2) is 13.2 Å². The van der Waals surface area contributed by atoms with Crippen LogP contribution in [0.1, 0.15) is 5.56 Å². The Hall–Kier alpha value is -1.43. The average Bonchev–Trinajstić information content (AvgIpc) is 2.04. The molecule has 1 aromatic rings. The number of pyridine rings is 1. The molecular weight excluding hydrogens is 190 g/mol. The molecule has 0 aliphatic rings. The van der Waals surface area contributed by atoms with Crippen LogP contribution in [0.4, 0.5) is 0 Å². The van der Waals surface area contributed by atoms with E-state index in [0.717, 1.165) is 11.8 Å². The van der Waals surface area contributed by atoms with Crippen LogP contribution in [-0.4, -0.2) is 25.9 Å². The predicted octanol–water partition coefficient (Wildman–Crippen LogP) is -0.0353. The molecule has 1 rings (SSSR count). The van der Waals surface area contributed by atoms with Crippen LogP contribution in [0.5, 0.6) is 0 Å². The number of sulfonamides is 1. The van der Waals surface area contributed by atoms with Gasteiger partial charge in [0, 0.05) is 18.0 Å². The maximum absolute atomic E-state index is 10.6. The molecule has 0 spiro atoms. The number of hydrogen-bond acceptors (Lipinski definition) is 4. The topological polar surface area (TPSA) is 71.4 Å². The van der Waals surface area contributed by atoms with Gasteiger partial charge < -0.3 is 0 Å². The van der Waals surface area contributed by atoms with Gasteiger partial charge in [0.1, 0.15) is 0 Å². The van der Waals surface area contributed by atoms with E-state index in [1.807, 2.05) is 4.83 Å². The van der Waals surface area contributed by atoms with E-state index < -0.39 is 10.0 Å². The second-order valence-corrected chi connectivity index (χ2v) is 4.13. The van der Waals surface area contributed by atoms with Crippen LogP contribution in [0.25, 0.3) is 0 Å². The first kappa shape index (κ1) is 9.66. The highest BCUT2D eigenvalue weighted by Crippen LogP contribution is 1.89. The molecule has 1 aromatic heterocycles. The number of rotatable bonds is 3. The van der Waals surface area contributed by atoms with Gasteiger partial charge in [0.2, 0.25) is 10.0 Å². The predicted molar refractivity (Wildman–Crippen MR) is 49.8 cm³/mol. The average molecular weight is 199 g/mol. The summed E-state index contributed by atoms with van der Waals surface area (Å²) in [5, 5.41) is 3.51. The van der Waals surface area contributed by atoms with Crippen molar-refractivity contribution in [3.8, 4) is 0 Å². The molecule has 13 heavy (non-hydrogen) atoms. The Morgan fingerprint density at radius 3 is 2.92 bits per heavy atom. The minimum absolute atomic E-state index is 0.735. The molecule has 1 heterocycles. The molecule has 0 saturated carbocycles. The first-order chi connectivity index (χ1) is 6.08. The van der Waals surface area contributed by atoms with E-state index in [1.54, 1.807) is 24.5 Å². The van der Waals surface area contributed by atoms with E-state index in [9.17, 15) is 8.42 Å². The van der Waals surface area contributed by atoms with Crippen molar-refractivity contribution in [2.45, 2.75) is 0 Å². The number of hydrazone groups is 1. The van der Waals surface area contributed by atoms with Gasteiger partial charge in [0.05, 0.1) is 12.5 Å². The van der Waals surface area contributed by atoms with Crippen LogP contribution < -0.4 is 4.83 Å². The first-order valence-corrected chi connectivity index (χ1v) is 5.37. The van der Waals surface area contributed by atoms with Gasteiger partial charge in [-0.2, -0.15) is 5.10 Å². The van der Waals surface area contributed by atoms with Gasteiger partial charge >= 0.3 is 0 Å². The molecule has 0 aliphatic heterocycles. The smallest absolute Gasteiger partial charge is 0.244 e. The third-order valence-corrected chi connectivity index (χ3v) is 1.55. The van der Waals surface area contributed by atoms with Gasteiger partial charge in [-0.15, -0.1) is 0 Å². The highest BCUT2D eigenvalue weighted by Gasteiger charge is 1.93. The Morgan fingerprint density at radius 2 is 2.38 bits per heavy atom. The fraction of sp³-hybridized carbons (Fsp3) is 0.143. The van der Waals surface area contributed by atoms with Crippen molar-refractivity contribution in [3.05, 3.63) is 30.1 Å². The minimum atomic E-state index is -3.26. The van der Waals surface area contributed by atoms with Crippen LogP contribution in [0.15, 0.2) is 29.6 Å². The van der Waals surface area contributed by atoms with Gasteiger partial charge in [0.15, 0.2) is 0 Å². The van der Waals surface area contributed by atoms with Crippen LogP contribution in [-0.2, 0) is 10.0 Å². The second-order valence-electron chi connectivity index (χ2n) is 2.41. The molecule has 0 saturated heterocycles. The summed E-state index contributed by atoms with van der Waals surface area (Å²) >= 11 is 0. The minimum Gasteiger partial charge on any atom is -0.264 e. The van der Waals surface area contributed by atoms with Crippen molar-refractivity contribution in [1.82, 2.24) is 9.82 Å². The highest BCUT2D eigenvalue weighted by molar-refractivity contribution is 7.88. The van der Waals surface area contributed by atoms with Gasteiger partial charge in [-0.3, -0.25) is 4.98 Å². The zero-order chi connectivity index (χ0) is 9.73. The molecular formula is C7H9N3O2S. The second kappa shape index (κ2) is 3.99. The van der Waals surface area contributed by atoms with E-state index in [1.165, 1.54) is 6.21 Å². The maximum Gasteiger partial charge on any atom is 0.244 e. The van der Waals surface area contributed by atoms with Crippen molar-refractivity contribution in [1.29, 1.82) is 0 Å². The maximum atomic E-state index is 10.6. The molecule has 1 N–H and O–H groups in total. The summed E-state index contributed by atoms with van der Waals surface area (Å²) < 4.78 is 21.2. The number of nitrogens with one attached hydrogen (secondary N) is 1. The fourth-order valence-corrected chi connectivity index (χ4v) is 0.893. The number of hydrogen-bond donors (Lipinski definition) is 1. The quantitative estimate of drug-likeness (QED) is 0.548. The summed E-state index contributed by atoms with van der Waals surface area (Å²) in [7, 11) is -3.26. The lowest BCUT2D eigenvalue weighted by molar-refractivity contribution is 0.591. The normalized spacial score (nSPS) is 11.8. The Labute approximate surface area is 76.6 Å². The number of nitrogens with zero attached hydrogens (tertiary/aromatic N) is 2. The van der Waals surface area contributed by atoms with Crippen LogP contribution in [0.2, 0.25) is 0 Å². The van der Waals surface area contributed by atoms with Gasteiger partial charge in [-0.05, 0) is 6.07 Å². The number of aromatic nitrogens is 1. The van der Waals surface area contributed by atoms with Crippen molar-refractivity contribution in [3.63, 3.8) is 0 Å². The standard InChI is InChI=1S/C7H9N3O2S/c1-13(11,12)10-9-6-7-3-2-4-8-5-7/h2-6,10H,1H3. The van der Waals surface area contributed by atoms with E-state index in [4.69, 9.17) is 0 Å². The molecule has 0 aromatic carbocycles. The lowest BCUT2D eigenvalue weighted by atomic mass is 10.3. The summed E-state index contributed by atoms with van der Waals surface area (Å²) in [6, 6.07) is 3.50. The van der Waals surface area contributed by atoms with Crippen molar-refractivity contribution >= 4 is 16.2 Å². The Bertz CT molecular complexity index is 385. The zero-order valence-electron chi connectivity index (χ0n) is 7.01. The lowest BCUT2D eigenvalue weighted by Gasteiger charge is -1.93. The lowest BCUT2D eigenvalue weighted by Crippen LogP contribution is -2.15. The third kappa shape index (κ3) is 4.22. The van der Waals surface area contributed by atoms with Crippen molar-refractivity contribution < 1.29 is 8.42 Å². The molecule has 5 nitrogen and oxygen atoms in total. The Balaban J connectivity index is 2.61. The Kier molecular flexibility index (Phi) is 2.97. The Morgan fingerprint density at radius 1 is 1.62 bits per heavy atom. The van der Waals surface area contributed by atoms with E-state index in [2.05, 4.69) is 10.1 Å². The monoisotopic (exact) mass is 199 g/mol. The first-order valence-electron chi connectivity index (χ1n) is 3.48. The summed E-state index contributed by atoms with van der Waals surface area (Å²) in [6.45, 7) is 0. The molecule has 0 amide bonds. The van der Waals surface area contributed by atoms with Crippen LogP contribution in [0, 0.1) is 0 Å². The third-order valence-electron chi connectivity index (χ3n) is 1.12. The van der Waals surface area contributed by atoms with Gasteiger partial charge in [0.25, 0.3) is 0 Å². The molecule has 0 radical (unpaired) electrons. The molecule has 6 heteroatoms. The fourth-order valence-electron chi connectivity index (χ4n) is 0.649. The summed E-state index contributed by atoms with van der Waals surface area (Å²) in [6.07, 6.45) is 5.62. The highest BCUT2D eigenvalue weighted by atomic mass is 32.2.